The number of hydrogen-bond donors (Lipinski definition) is 3. The van der Waals surface area contributed by atoms with E-state index in [0.717, 1.165) is 4.88 Å². The van der Waals surface area contributed by atoms with Gasteiger partial charge in [0.2, 0.25) is 0 Å². The summed E-state index contributed by atoms with van der Waals surface area (Å²) in [6, 6.07) is 15.5. The van der Waals surface area contributed by atoms with Gasteiger partial charge >= 0.3 is 0 Å². The van der Waals surface area contributed by atoms with Crippen LogP contribution in [0.2, 0.25) is 0 Å². The van der Waals surface area contributed by atoms with Crippen LogP contribution < -0.4 is 15.5 Å². The molecule has 1 heterocycles. The van der Waals surface area contributed by atoms with E-state index in [2.05, 4.69) is 31.8 Å². The van der Waals surface area contributed by atoms with E-state index in [4.69, 9.17) is 4.74 Å². The van der Waals surface area contributed by atoms with Gasteiger partial charge in [-0.2, -0.15) is 5.10 Å². The lowest BCUT2D eigenvalue weighted by molar-refractivity contribution is -0.117. The Hall–Kier alpha value is -3.43. The number of rotatable bonds is 7. The number of benzene rings is 2. The minimum absolute atomic E-state index is 0.0338. The summed E-state index contributed by atoms with van der Waals surface area (Å²) in [5, 5.41) is 18.3. The van der Waals surface area contributed by atoms with Gasteiger partial charge in [0.15, 0.2) is 11.5 Å². The van der Waals surface area contributed by atoms with Crippen LogP contribution in [0.5, 0.6) is 11.5 Å². The van der Waals surface area contributed by atoms with Gasteiger partial charge < -0.3 is 15.2 Å². The number of methoxy groups -OCH3 is 1. The summed E-state index contributed by atoms with van der Waals surface area (Å²) in [4.78, 5) is 26.0. The highest BCUT2D eigenvalue weighted by Gasteiger charge is 2.14. The summed E-state index contributed by atoms with van der Waals surface area (Å²) in [6.07, 6.45) is 2.98. The minimum atomic E-state index is -0.584. The number of hydrogen-bond acceptors (Lipinski definition) is 6. The molecular formula is C22H18BrN3O4S. The Balaban J connectivity index is 1.77. The molecule has 3 N–H and O–H groups in total. The SMILES string of the molecule is COc1cc(C=NNC(=O)C(=Cc2cccs2)NC(=O)c2ccccc2)cc(Br)c1O. The number of hydrazone groups is 1. The van der Waals surface area contributed by atoms with Crippen LogP contribution in [0.3, 0.4) is 0 Å². The lowest BCUT2D eigenvalue weighted by Gasteiger charge is -2.09. The largest absolute Gasteiger partial charge is 0.503 e. The molecule has 2 aromatic carbocycles. The monoisotopic (exact) mass is 499 g/mol. The molecule has 3 rings (SSSR count). The number of ether oxygens (including phenoxy) is 1. The van der Waals surface area contributed by atoms with Crippen LogP contribution in [0.4, 0.5) is 0 Å². The standard InChI is InChI=1S/C22H18BrN3O4S/c1-30-19-11-14(10-17(23)20(19)27)13-24-26-22(29)18(12-16-8-5-9-31-16)25-21(28)15-6-3-2-4-7-15/h2-13,27H,1H3,(H,25,28)(H,26,29). The number of halogens is 1. The third kappa shape index (κ3) is 6.03. The third-order valence-corrected chi connectivity index (χ3v) is 5.43. The molecule has 2 amide bonds. The molecule has 0 aliphatic heterocycles. The van der Waals surface area contributed by atoms with E-state index in [1.807, 2.05) is 17.5 Å². The molecular weight excluding hydrogens is 482 g/mol. The van der Waals surface area contributed by atoms with Gasteiger partial charge in [0.25, 0.3) is 11.8 Å². The molecule has 0 saturated carbocycles. The van der Waals surface area contributed by atoms with Crippen LogP contribution >= 0.6 is 27.3 Å². The molecule has 0 unspecified atom stereocenters. The lowest BCUT2D eigenvalue weighted by Crippen LogP contribution is -2.32. The normalized spacial score (nSPS) is 11.4. The van der Waals surface area contributed by atoms with Crippen LogP contribution in [-0.4, -0.2) is 30.2 Å². The Bertz CT molecular complexity index is 1130. The number of phenols is 1. The topological polar surface area (TPSA) is 100 Å². The number of aromatic hydroxyl groups is 1. The summed E-state index contributed by atoms with van der Waals surface area (Å²) < 4.78 is 5.52. The lowest BCUT2D eigenvalue weighted by atomic mass is 10.2. The van der Waals surface area contributed by atoms with E-state index < -0.39 is 11.8 Å². The van der Waals surface area contributed by atoms with Crippen molar-refractivity contribution in [3.63, 3.8) is 0 Å². The first-order valence-corrected chi connectivity index (χ1v) is 10.7. The van der Waals surface area contributed by atoms with E-state index >= 15 is 0 Å². The Morgan fingerprint density at radius 1 is 1.16 bits per heavy atom. The number of phenolic OH excluding ortho intramolecular Hbond substituents is 1. The van der Waals surface area contributed by atoms with Crippen molar-refractivity contribution in [2.24, 2.45) is 5.10 Å². The molecule has 0 atom stereocenters. The summed E-state index contributed by atoms with van der Waals surface area (Å²) >= 11 is 4.66. The first-order valence-electron chi connectivity index (χ1n) is 8.99. The molecule has 0 radical (unpaired) electrons. The first kappa shape index (κ1) is 22.3. The van der Waals surface area contributed by atoms with Crippen molar-refractivity contribution in [3.8, 4) is 11.5 Å². The minimum Gasteiger partial charge on any atom is -0.503 e. The zero-order chi connectivity index (χ0) is 22.2. The van der Waals surface area contributed by atoms with Gasteiger partial charge in [-0.3, -0.25) is 9.59 Å². The van der Waals surface area contributed by atoms with Gasteiger partial charge in [0.1, 0.15) is 5.70 Å². The number of nitrogens with one attached hydrogen (secondary N) is 2. The molecule has 3 aromatic rings. The van der Waals surface area contributed by atoms with Crippen LogP contribution in [0.25, 0.3) is 6.08 Å². The molecule has 31 heavy (non-hydrogen) atoms. The second kappa shape index (κ2) is 10.6. The van der Waals surface area contributed by atoms with E-state index in [0.29, 0.717) is 15.6 Å². The van der Waals surface area contributed by atoms with Crippen molar-refractivity contribution in [2.75, 3.05) is 7.11 Å². The summed E-state index contributed by atoms with van der Waals surface area (Å²) in [5.74, 6) is -0.766. The van der Waals surface area contributed by atoms with Crippen molar-refractivity contribution in [1.29, 1.82) is 0 Å². The number of thiophene rings is 1. The molecule has 158 valence electrons. The second-order valence-corrected chi connectivity index (χ2v) is 7.98. The van der Waals surface area contributed by atoms with E-state index in [9.17, 15) is 14.7 Å². The molecule has 0 spiro atoms. The molecule has 0 fully saturated rings. The smallest absolute Gasteiger partial charge is 0.287 e. The average Bonchev–Trinajstić information content (AvgIpc) is 3.29. The van der Waals surface area contributed by atoms with Crippen LogP contribution in [-0.2, 0) is 4.79 Å². The van der Waals surface area contributed by atoms with Crippen molar-refractivity contribution in [2.45, 2.75) is 0 Å². The Kier molecular flexibility index (Phi) is 7.58. The van der Waals surface area contributed by atoms with Crippen molar-refractivity contribution in [3.05, 3.63) is 86.2 Å². The molecule has 0 bridgehead atoms. The summed E-state index contributed by atoms with van der Waals surface area (Å²) in [7, 11) is 1.43. The van der Waals surface area contributed by atoms with Gasteiger partial charge in [-0.1, -0.05) is 24.3 Å². The number of carbonyl (C=O) groups is 2. The van der Waals surface area contributed by atoms with Gasteiger partial charge in [0.05, 0.1) is 17.8 Å². The maximum Gasteiger partial charge on any atom is 0.287 e. The fraction of sp³-hybridized carbons (Fsp3) is 0.0455. The summed E-state index contributed by atoms with van der Waals surface area (Å²) in [6.45, 7) is 0. The predicted molar refractivity (Wildman–Crippen MR) is 124 cm³/mol. The zero-order valence-electron chi connectivity index (χ0n) is 16.3. The quantitative estimate of drug-likeness (QED) is 0.258. The number of carbonyl (C=O) groups excluding carboxylic acids is 2. The molecule has 9 heteroatoms. The highest BCUT2D eigenvalue weighted by Crippen LogP contribution is 2.34. The van der Waals surface area contributed by atoms with Crippen molar-refractivity contribution in [1.82, 2.24) is 10.7 Å². The number of nitrogens with zero attached hydrogens (tertiary/aromatic N) is 1. The molecule has 7 nitrogen and oxygen atoms in total. The maximum atomic E-state index is 12.7. The van der Waals surface area contributed by atoms with Gasteiger partial charge in [-0.15, -0.1) is 11.3 Å². The summed E-state index contributed by atoms with van der Waals surface area (Å²) in [5.41, 5.74) is 3.47. The number of amides is 2. The van der Waals surface area contributed by atoms with Gasteiger partial charge in [-0.25, -0.2) is 5.43 Å². The fourth-order valence-corrected chi connectivity index (χ4v) is 3.62. The molecule has 0 aliphatic rings. The van der Waals surface area contributed by atoms with Gasteiger partial charge in [-0.05, 0) is 63.3 Å². The first-order chi connectivity index (χ1) is 15.0. The van der Waals surface area contributed by atoms with E-state index in [-0.39, 0.29) is 17.2 Å². The predicted octanol–water partition coefficient (Wildman–Crippen LogP) is 4.15. The highest BCUT2D eigenvalue weighted by atomic mass is 79.9. The van der Waals surface area contributed by atoms with Crippen LogP contribution in [0, 0.1) is 0 Å². The zero-order valence-corrected chi connectivity index (χ0v) is 18.7. The van der Waals surface area contributed by atoms with Crippen LogP contribution in [0.1, 0.15) is 20.8 Å². The van der Waals surface area contributed by atoms with Crippen molar-refractivity contribution >= 4 is 51.4 Å². The second-order valence-electron chi connectivity index (χ2n) is 6.15. The van der Waals surface area contributed by atoms with Crippen molar-refractivity contribution < 1.29 is 19.4 Å². The van der Waals surface area contributed by atoms with E-state index in [1.54, 1.807) is 48.5 Å². The molecule has 0 saturated heterocycles. The average molecular weight is 500 g/mol. The van der Waals surface area contributed by atoms with Gasteiger partial charge in [0, 0.05) is 10.4 Å². The highest BCUT2D eigenvalue weighted by molar-refractivity contribution is 9.10. The third-order valence-electron chi connectivity index (χ3n) is 4.01. The molecule has 1 aromatic heterocycles. The Morgan fingerprint density at radius 2 is 1.94 bits per heavy atom. The van der Waals surface area contributed by atoms with Crippen LogP contribution in [0.15, 0.2) is 75.2 Å². The van der Waals surface area contributed by atoms with E-state index in [1.165, 1.54) is 24.7 Å². The Labute approximate surface area is 191 Å². The molecule has 0 aliphatic carbocycles. The maximum absolute atomic E-state index is 12.7. The Morgan fingerprint density at radius 3 is 2.61 bits per heavy atom. The fourth-order valence-electron chi connectivity index (χ4n) is 2.51.